The summed E-state index contributed by atoms with van der Waals surface area (Å²) in [5.74, 6) is 0.242. The second-order valence-corrected chi connectivity index (χ2v) is 4.56. The summed E-state index contributed by atoms with van der Waals surface area (Å²) in [6.07, 6.45) is 3.89. The largest absolute Gasteiger partial charge is 0.351 e. The molecule has 1 atom stereocenters. The molecule has 1 saturated heterocycles. The fourth-order valence-corrected chi connectivity index (χ4v) is 2.17. The predicted octanol–water partition coefficient (Wildman–Crippen LogP) is 2.97. The number of pyridine rings is 1. The van der Waals surface area contributed by atoms with Gasteiger partial charge in [-0.1, -0.05) is 0 Å². The van der Waals surface area contributed by atoms with Crippen LogP contribution in [-0.4, -0.2) is 17.6 Å². The highest BCUT2D eigenvalue weighted by Crippen LogP contribution is 2.26. The van der Waals surface area contributed by atoms with Crippen LogP contribution in [0.25, 0.3) is 0 Å². The van der Waals surface area contributed by atoms with Gasteiger partial charge in [-0.2, -0.15) is 0 Å². The molecule has 0 bridgehead atoms. The van der Waals surface area contributed by atoms with E-state index in [1.807, 2.05) is 4.90 Å². The molecule has 2 nitrogen and oxygen atoms in total. The summed E-state index contributed by atoms with van der Waals surface area (Å²) < 4.78 is 14.2. The van der Waals surface area contributed by atoms with Crippen LogP contribution in [0, 0.1) is 5.82 Å². The molecule has 0 radical (unpaired) electrons. The highest BCUT2D eigenvalue weighted by molar-refractivity contribution is 9.10. The molecule has 1 aromatic heterocycles. The maximum Gasteiger partial charge on any atom is 0.166 e. The van der Waals surface area contributed by atoms with Gasteiger partial charge in [-0.05, 0) is 41.8 Å². The van der Waals surface area contributed by atoms with Crippen molar-refractivity contribution in [3.05, 3.63) is 22.6 Å². The SMILES string of the molecule is CC1CCCN1c1ncc(Br)cc1F. The van der Waals surface area contributed by atoms with Crippen molar-refractivity contribution in [3.63, 3.8) is 0 Å². The lowest BCUT2D eigenvalue weighted by Crippen LogP contribution is -2.28. The average Bonchev–Trinajstić information content (AvgIpc) is 2.52. The summed E-state index contributed by atoms with van der Waals surface area (Å²) in [6, 6.07) is 1.87. The fraction of sp³-hybridized carbons (Fsp3) is 0.500. The van der Waals surface area contributed by atoms with Gasteiger partial charge in [-0.25, -0.2) is 9.37 Å². The number of rotatable bonds is 1. The maximum absolute atomic E-state index is 13.5. The first-order chi connectivity index (χ1) is 6.68. The van der Waals surface area contributed by atoms with Crippen molar-refractivity contribution in [1.29, 1.82) is 0 Å². The van der Waals surface area contributed by atoms with Crippen molar-refractivity contribution < 1.29 is 4.39 Å². The van der Waals surface area contributed by atoms with E-state index in [1.165, 1.54) is 6.07 Å². The average molecular weight is 259 g/mol. The van der Waals surface area contributed by atoms with Gasteiger partial charge in [0.1, 0.15) is 0 Å². The van der Waals surface area contributed by atoms with Gasteiger partial charge >= 0.3 is 0 Å². The second-order valence-electron chi connectivity index (χ2n) is 3.64. The molecule has 4 heteroatoms. The minimum absolute atomic E-state index is 0.242. The molecular weight excluding hydrogens is 247 g/mol. The Kier molecular flexibility index (Phi) is 2.72. The number of hydrogen-bond donors (Lipinski definition) is 0. The Bertz CT molecular complexity index is 343. The third-order valence-corrected chi connectivity index (χ3v) is 3.05. The zero-order valence-corrected chi connectivity index (χ0v) is 9.59. The van der Waals surface area contributed by atoms with Crippen molar-refractivity contribution in [1.82, 2.24) is 4.98 Å². The standard InChI is InChI=1S/C10H12BrFN2/c1-7-3-2-4-14(7)10-9(12)5-8(11)6-13-10/h5-7H,2-4H2,1H3. The first-order valence-corrected chi connectivity index (χ1v) is 5.55. The van der Waals surface area contributed by atoms with Crippen LogP contribution in [0.3, 0.4) is 0 Å². The summed E-state index contributed by atoms with van der Waals surface area (Å²) in [5, 5.41) is 0. The Morgan fingerprint density at radius 2 is 2.43 bits per heavy atom. The molecular formula is C10H12BrFN2. The predicted molar refractivity (Wildman–Crippen MR) is 57.9 cm³/mol. The Morgan fingerprint density at radius 1 is 1.64 bits per heavy atom. The van der Waals surface area contributed by atoms with Gasteiger partial charge < -0.3 is 4.90 Å². The van der Waals surface area contributed by atoms with Gasteiger partial charge in [0.05, 0.1) is 0 Å². The van der Waals surface area contributed by atoms with Crippen LogP contribution >= 0.6 is 15.9 Å². The molecule has 1 unspecified atom stereocenters. The Balaban J connectivity index is 2.31. The molecule has 1 fully saturated rings. The zero-order valence-electron chi connectivity index (χ0n) is 8.00. The van der Waals surface area contributed by atoms with E-state index in [4.69, 9.17) is 0 Å². The van der Waals surface area contributed by atoms with Gasteiger partial charge in [0.25, 0.3) is 0 Å². The topological polar surface area (TPSA) is 16.1 Å². The molecule has 0 aliphatic carbocycles. The molecule has 14 heavy (non-hydrogen) atoms. The van der Waals surface area contributed by atoms with Crippen LogP contribution in [0.4, 0.5) is 10.2 Å². The number of halogens is 2. The van der Waals surface area contributed by atoms with Crippen LogP contribution < -0.4 is 4.90 Å². The lowest BCUT2D eigenvalue weighted by Gasteiger charge is -2.22. The van der Waals surface area contributed by atoms with E-state index in [1.54, 1.807) is 6.20 Å². The Labute approximate surface area is 91.3 Å². The monoisotopic (exact) mass is 258 g/mol. The van der Waals surface area contributed by atoms with Crippen molar-refractivity contribution in [2.24, 2.45) is 0 Å². The van der Waals surface area contributed by atoms with Crippen molar-refractivity contribution in [2.45, 2.75) is 25.8 Å². The van der Waals surface area contributed by atoms with Gasteiger partial charge in [0, 0.05) is 23.3 Å². The molecule has 1 aliphatic rings. The van der Waals surface area contributed by atoms with E-state index in [9.17, 15) is 4.39 Å². The normalized spacial score (nSPS) is 21.6. The van der Waals surface area contributed by atoms with Crippen molar-refractivity contribution in [3.8, 4) is 0 Å². The van der Waals surface area contributed by atoms with Crippen LogP contribution in [0.1, 0.15) is 19.8 Å². The quantitative estimate of drug-likeness (QED) is 0.770. The number of nitrogens with zero attached hydrogens (tertiary/aromatic N) is 2. The lowest BCUT2D eigenvalue weighted by atomic mass is 10.2. The maximum atomic E-state index is 13.5. The van der Waals surface area contributed by atoms with Gasteiger partial charge in [0.15, 0.2) is 11.6 Å². The molecule has 0 saturated carbocycles. The summed E-state index contributed by atoms with van der Waals surface area (Å²) in [6.45, 7) is 3.02. The number of aromatic nitrogens is 1. The minimum Gasteiger partial charge on any atom is -0.351 e. The first-order valence-electron chi connectivity index (χ1n) is 4.76. The number of anilines is 1. The summed E-state index contributed by atoms with van der Waals surface area (Å²) in [5.41, 5.74) is 0. The Morgan fingerprint density at radius 3 is 3.00 bits per heavy atom. The summed E-state index contributed by atoms with van der Waals surface area (Å²) in [4.78, 5) is 6.14. The lowest BCUT2D eigenvalue weighted by molar-refractivity contribution is 0.604. The number of hydrogen-bond acceptors (Lipinski definition) is 2. The summed E-state index contributed by atoms with van der Waals surface area (Å²) in [7, 11) is 0. The van der Waals surface area contributed by atoms with E-state index < -0.39 is 0 Å². The van der Waals surface area contributed by atoms with E-state index in [0.29, 0.717) is 16.3 Å². The third-order valence-electron chi connectivity index (χ3n) is 2.61. The molecule has 0 aromatic carbocycles. The highest BCUT2D eigenvalue weighted by atomic mass is 79.9. The molecule has 0 spiro atoms. The molecule has 2 rings (SSSR count). The molecule has 2 heterocycles. The second kappa shape index (κ2) is 3.85. The van der Waals surface area contributed by atoms with E-state index in [0.717, 1.165) is 19.4 Å². The minimum atomic E-state index is -0.242. The molecule has 1 aliphatic heterocycles. The molecule has 1 aromatic rings. The van der Waals surface area contributed by atoms with E-state index >= 15 is 0 Å². The van der Waals surface area contributed by atoms with Crippen LogP contribution in [0.15, 0.2) is 16.7 Å². The zero-order chi connectivity index (χ0) is 10.1. The highest BCUT2D eigenvalue weighted by Gasteiger charge is 2.23. The van der Waals surface area contributed by atoms with E-state index in [-0.39, 0.29) is 5.82 Å². The van der Waals surface area contributed by atoms with Gasteiger partial charge in [-0.3, -0.25) is 0 Å². The van der Waals surface area contributed by atoms with Crippen LogP contribution in [0.5, 0.6) is 0 Å². The van der Waals surface area contributed by atoms with Crippen molar-refractivity contribution >= 4 is 21.7 Å². The van der Waals surface area contributed by atoms with Gasteiger partial charge in [0.2, 0.25) is 0 Å². The van der Waals surface area contributed by atoms with E-state index in [2.05, 4.69) is 27.8 Å². The molecule has 0 N–H and O–H groups in total. The third kappa shape index (κ3) is 1.75. The first kappa shape index (κ1) is 9.90. The fourth-order valence-electron chi connectivity index (χ4n) is 1.87. The summed E-state index contributed by atoms with van der Waals surface area (Å²) >= 11 is 3.20. The van der Waals surface area contributed by atoms with Crippen molar-refractivity contribution in [2.75, 3.05) is 11.4 Å². The van der Waals surface area contributed by atoms with Crippen LogP contribution in [0.2, 0.25) is 0 Å². The Hall–Kier alpha value is -0.640. The smallest absolute Gasteiger partial charge is 0.166 e. The van der Waals surface area contributed by atoms with Crippen LogP contribution in [-0.2, 0) is 0 Å². The van der Waals surface area contributed by atoms with Gasteiger partial charge in [-0.15, -0.1) is 0 Å². The molecule has 0 amide bonds. The molecule has 76 valence electrons.